The van der Waals surface area contributed by atoms with Gasteiger partial charge in [-0.1, -0.05) is 12.5 Å². The van der Waals surface area contributed by atoms with Crippen LogP contribution in [0.4, 0.5) is 0 Å². The predicted molar refractivity (Wildman–Crippen MR) is 84.5 cm³/mol. The van der Waals surface area contributed by atoms with Crippen LogP contribution >= 0.6 is 0 Å². The molecule has 2 aliphatic rings. The van der Waals surface area contributed by atoms with Crippen molar-refractivity contribution in [1.29, 1.82) is 0 Å². The Morgan fingerprint density at radius 3 is 2.38 bits per heavy atom. The Bertz CT molecular complexity index is 480. The molecule has 0 amide bonds. The molecule has 4 nitrogen and oxygen atoms in total. The Kier molecular flexibility index (Phi) is 3.84. The fraction of sp³-hybridized carbons (Fsp3) is 0.688. The minimum absolute atomic E-state index is 0.304. The molecule has 1 aromatic rings. The van der Waals surface area contributed by atoms with Crippen molar-refractivity contribution < 1.29 is 9.31 Å². The van der Waals surface area contributed by atoms with Crippen LogP contribution in [0.3, 0.4) is 0 Å². The Balaban J connectivity index is 1.73. The number of pyridine rings is 1. The number of hydrogen-bond acceptors (Lipinski definition) is 4. The van der Waals surface area contributed by atoms with Gasteiger partial charge >= 0.3 is 7.12 Å². The van der Waals surface area contributed by atoms with Crippen molar-refractivity contribution in [2.45, 2.75) is 64.2 Å². The zero-order chi connectivity index (χ0) is 15.1. The van der Waals surface area contributed by atoms with E-state index in [1.165, 1.54) is 19.3 Å². The van der Waals surface area contributed by atoms with E-state index >= 15 is 0 Å². The molecule has 3 heterocycles. The van der Waals surface area contributed by atoms with Crippen molar-refractivity contribution in [2.75, 3.05) is 6.54 Å². The Morgan fingerprint density at radius 1 is 1.14 bits per heavy atom. The lowest BCUT2D eigenvalue weighted by molar-refractivity contribution is 0.00578. The van der Waals surface area contributed by atoms with Crippen molar-refractivity contribution in [1.82, 2.24) is 10.3 Å². The van der Waals surface area contributed by atoms with Crippen LogP contribution in [0.25, 0.3) is 0 Å². The molecular formula is C16H25BN2O2. The first-order valence-corrected chi connectivity index (χ1v) is 7.94. The van der Waals surface area contributed by atoms with Crippen LogP contribution < -0.4 is 10.8 Å². The second-order valence-electron chi connectivity index (χ2n) is 7.11. The lowest BCUT2D eigenvalue weighted by Gasteiger charge is -2.32. The van der Waals surface area contributed by atoms with Gasteiger partial charge in [-0.15, -0.1) is 0 Å². The van der Waals surface area contributed by atoms with Crippen LogP contribution in [-0.4, -0.2) is 29.8 Å². The van der Waals surface area contributed by atoms with Gasteiger partial charge in [0.2, 0.25) is 0 Å². The second kappa shape index (κ2) is 5.38. The molecule has 114 valence electrons. The molecule has 2 aliphatic heterocycles. The molecule has 2 fully saturated rings. The molecule has 0 saturated carbocycles. The van der Waals surface area contributed by atoms with E-state index in [0.29, 0.717) is 6.04 Å². The first-order chi connectivity index (χ1) is 9.89. The monoisotopic (exact) mass is 288 g/mol. The molecule has 2 saturated heterocycles. The number of rotatable bonds is 2. The molecule has 0 radical (unpaired) electrons. The Labute approximate surface area is 127 Å². The van der Waals surface area contributed by atoms with E-state index in [1.807, 2.05) is 6.20 Å². The quantitative estimate of drug-likeness (QED) is 0.847. The number of nitrogens with one attached hydrogen (secondary N) is 1. The number of piperidine rings is 1. The van der Waals surface area contributed by atoms with Crippen LogP contribution in [0, 0.1) is 0 Å². The summed E-state index contributed by atoms with van der Waals surface area (Å²) in [6, 6.07) is 4.58. The normalized spacial score (nSPS) is 27.8. The van der Waals surface area contributed by atoms with Gasteiger partial charge in [-0.05, 0) is 53.1 Å². The summed E-state index contributed by atoms with van der Waals surface area (Å²) in [5.41, 5.74) is 1.51. The van der Waals surface area contributed by atoms with Gasteiger partial charge in [0.25, 0.3) is 0 Å². The summed E-state index contributed by atoms with van der Waals surface area (Å²) in [5, 5.41) is 3.53. The van der Waals surface area contributed by atoms with Gasteiger partial charge in [0.1, 0.15) is 0 Å². The fourth-order valence-electron chi connectivity index (χ4n) is 2.85. The number of nitrogens with zero attached hydrogens (tertiary/aromatic N) is 1. The lowest BCUT2D eigenvalue weighted by atomic mass is 9.80. The highest BCUT2D eigenvalue weighted by Crippen LogP contribution is 2.36. The number of aromatic nitrogens is 1. The van der Waals surface area contributed by atoms with Crippen LogP contribution in [0.15, 0.2) is 18.3 Å². The molecule has 0 bridgehead atoms. The van der Waals surface area contributed by atoms with Crippen molar-refractivity contribution in [3.05, 3.63) is 24.0 Å². The third kappa shape index (κ3) is 2.87. The summed E-state index contributed by atoms with van der Waals surface area (Å²) >= 11 is 0. The van der Waals surface area contributed by atoms with Crippen molar-refractivity contribution >= 4 is 12.6 Å². The molecule has 0 unspecified atom stereocenters. The maximum absolute atomic E-state index is 6.06. The SMILES string of the molecule is CC1(C)OB(c2ccc([C@H]3CCCCN3)nc2)OC1(C)C. The second-order valence-corrected chi connectivity index (χ2v) is 7.11. The number of hydrogen-bond donors (Lipinski definition) is 1. The molecular weight excluding hydrogens is 263 g/mol. The van der Waals surface area contributed by atoms with E-state index in [-0.39, 0.29) is 18.3 Å². The fourth-order valence-corrected chi connectivity index (χ4v) is 2.85. The average Bonchev–Trinajstić information content (AvgIpc) is 2.69. The minimum Gasteiger partial charge on any atom is -0.399 e. The van der Waals surface area contributed by atoms with Gasteiger partial charge in [0, 0.05) is 17.7 Å². The highest BCUT2D eigenvalue weighted by Gasteiger charge is 2.51. The molecule has 0 spiro atoms. The molecule has 21 heavy (non-hydrogen) atoms. The minimum atomic E-state index is -0.323. The third-order valence-electron chi connectivity index (χ3n) is 5.00. The topological polar surface area (TPSA) is 43.4 Å². The van der Waals surface area contributed by atoms with Gasteiger partial charge in [0.05, 0.1) is 16.9 Å². The molecule has 5 heteroatoms. The van der Waals surface area contributed by atoms with E-state index in [4.69, 9.17) is 9.31 Å². The van der Waals surface area contributed by atoms with Crippen LogP contribution in [0.5, 0.6) is 0 Å². The van der Waals surface area contributed by atoms with Crippen molar-refractivity contribution in [2.24, 2.45) is 0 Å². The zero-order valence-electron chi connectivity index (χ0n) is 13.5. The van der Waals surface area contributed by atoms with Gasteiger partial charge in [-0.2, -0.15) is 0 Å². The van der Waals surface area contributed by atoms with Gasteiger partial charge in [-0.25, -0.2) is 0 Å². The van der Waals surface area contributed by atoms with Crippen LogP contribution in [-0.2, 0) is 9.31 Å². The summed E-state index contributed by atoms with van der Waals surface area (Å²) in [6.07, 6.45) is 5.61. The molecule has 3 rings (SSSR count). The summed E-state index contributed by atoms with van der Waals surface area (Å²) in [7, 11) is -0.323. The Hall–Kier alpha value is -0.905. The summed E-state index contributed by atoms with van der Waals surface area (Å²) in [5.74, 6) is 0. The highest BCUT2D eigenvalue weighted by molar-refractivity contribution is 6.62. The molecule has 1 atom stereocenters. The maximum atomic E-state index is 6.06. The molecule has 0 aromatic carbocycles. The van der Waals surface area contributed by atoms with Gasteiger partial charge in [-0.3, -0.25) is 4.98 Å². The largest absolute Gasteiger partial charge is 0.496 e. The highest BCUT2D eigenvalue weighted by atomic mass is 16.7. The zero-order valence-corrected chi connectivity index (χ0v) is 13.5. The molecule has 0 aliphatic carbocycles. The predicted octanol–water partition coefficient (Wildman–Crippen LogP) is 2.20. The van der Waals surface area contributed by atoms with Gasteiger partial charge < -0.3 is 14.6 Å². The van der Waals surface area contributed by atoms with Crippen LogP contribution in [0.1, 0.15) is 58.7 Å². The lowest BCUT2D eigenvalue weighted by Crippen LogP contribution is -2.41. The first-order valence-electron chi connectivity index (χ1n) is 7.94. The summed E-state index contributed by atoms with van der Waals surface area (Å²) < 4.78 is 12.1. The summed E-state index contributed by atoms with van der Waals surface area (Å²) in [6.45, 7) is 9.37. The van der Waals surface area contributed by atoms with E-state index in [0.717, 1.165) is 17.7 Å². The Morgan fingerprint density at radius 2 is 1.86 bits per heavy atom. The van der Waals surface area contributed by atoms with Crippen molar-refractivity contribution in [3.63, 3.8) is 0 Å². The van der Waals surface area contributed by atoms with Gasteiger partial charge in [0.15, 0.2) is 0 Å². The molecule has 1 aromatic heterocycles. The van der Waals surface area contributed by atoms with Crippen molar-refractivity contribution in [3.8, 4) is 0 Å². The van der Waals surface area contributed by atoms with E-state index in [2.05, 4.69) is 50.1 Å². The molecule has 1 N–H and O–H groups in total. The maximum Gasteiger partial charge on any atom is 0.496 e. The van der Waals surface area contributed by atoms with E-state index in [1.54, 1.807) is 0 Å². The average molecular weight is 288 g/mol. The smallest absolute Gasteiger partial charge is 0.399 e. The van der Waals surface area contributed by atoms with E-state index < -0.39 is 0 Å². The summed E-state index contributed by atoms with van der Waals surface area (Å²) in [4.78, 5) is 4.62. The van der Waals surface area contributed by atoms with Crippen LogP contribution in [0.2, 0.25) is 0 Å². The van der Waals surface area contributed by atoms with E-state index in [9.17, 15) is 0 Å². The third-order valence-corrected chi connectivity index (χ3v) is 5.00. The first kappa shape index (κ1) is 15.0. The standard InChI is InChI=1S/C16H25BN2O2/c1-15(2)16(3,4)21-17(20-15)12-8-9-14(19-11-12)13-7-5-6-10-18-13/h8-9,11,13,18H,5-7,10H2,1-4H3/t13-/m1/s1.